The van der Waals surface area contributed by atoms with Crippen molar-refractivity contribution in [1.29, 1.82) is 0 Å². The van der Waals surface area contributed by atoms with E-state index < -0.39 is 12.2 Å². The fourth-order valence-corrected chi connectivity index (χ4v) is 10.3. The smallest absolute Gasteiger partial charge is 0.393 e. The van der Waals surface area contributed by atoms with Gasteiger partial charge >= 0.3 is 6.09 Å². The number of nitrogens with zero attached hydrogens (tertiary/aromatic N) is 1. The summed E-state index contributed by atoms with van der Waals surface area (Å²) >= 11 is 0. The average molecular weight is 493 g/mol. The first-order chi connectivity index (χ1) is 16.5. The van der Waals surface area contributed by atoms with E-state index in [1.54, 1.807) is 11.9 Å². The summed E-state index contributed by atoms with van der Waals surface area (Å²) in [4.78, 5) is 18.3. The Bertz CT molecular complexity index is 810. The number of carbonyl (C=O) groups excluding carboxylic acids is 1. The van der Waals surface area contributed by atoms with Crippen LogP contribution in [0.2, 0.25) is 0 Å². The maximum Gasteiger partial charge on any atom is 0.429 e. The summed E-state index contributed by atoms with van der Waals surface area (Å²) < 4.78 is 0. The minimum atomic E-state index is -0.405. The highest BCUT2D eigenvalue weighted by atomic mass is 16.7. The van der Waals surface area contributed by atoms with E-state index in [0.29, 0.717) is 17.8 Å². The highest BCUT2D eigenvalue weighted by Crippen LogP contribution is 2.69. The van der Waals surface area contributed by atoms with Gasteiger partial charge in [0.05, 0.1) is 18.3 Å². The molecule has 13 atom stereocenters. The lowest BCUT2D eigenvalue weighted by molar-refractivity contribution is -0.235. The number of hydrogen-bond donors (Lipinski definition) is 4. The minimum Gasteiger partial charge on any atom is -0.393 e. The SMILES string of the molecule is CC[C@H]1[C@@H](O)C2C3CC[C@H]([C@H](C)CCC4NOC(=O)N4C)[C@@]3(C)C[C@H](O)C2[C@@]2(C)CC[C@@H](O)C[C@@H]12. The van der Waals surface area contributed by atoms with Gasteiger partial charge in [0.25, 0.3) is 0 Å². The average Bonchev–Trinajstić information content (AvgIpc) is 3.31. The fraction of sp³-hybridized carbons (Fsp3) is 0.964. The minimum absolute atomic E-state index is 0.0119. The molecule has 5 rings (SSSR count). The van der Waals surface area contributed by atoms with Gasteiger partial charge in [0.15, 0.2) is 0 Å². The Balaban J connectivity index is 1.37. The van der Waals surface area contributed by atoms with Crippen molar-refractivity contribution in [3.63, 3.8) is 0 Å². The van der Waals surface area contributed by atoms with Gasteiger partial charge in [0.1, 0.15) is 6.17 Å². The summed E-state index contributed by atoms with van der Waals surface area (Å²) in [5.74, 6) is 2.12. The van der Waals surface area contributed by atoms with Crippen molar-refractivity contribution in [3.8, 4) is 0 Å². The second-order valence-electron chi connectivity index (χ2n) is 13.4. The van der Waals surface area contributed by atoms with Crippen molar-refractivity contribution >= 4 is 6.09 Å². The van der Waals surface area contributed by atoms with Crippen LogP contribution in [0.1, 0.15) is 85.5 Å². The van der Waals surface area contributed by atoms with Crippen molar-refractivity contribution in [3.05, 3.63) is 0 Å². The molecule has 4 aliphatic carbocycles. The van der Waals surface area contributed by atoms with Crippen LogP contribution in [0, 0.1) is 52.3 Å². The second kappa shape index (κ2) is 9.14. The summed E-state index contributed by atoms with van der Waals surface area (Å²) in [7, 11) is 1.77. The highest BCUT2D eigenvalue weighted by molar-refractivity contribution is 5.68. The van der Waals surface area contributed by atoms with E-state index >= 15 is 0 Å². The molecule has 1 aliphatic heterocycles. The lowest BCUT2D eigenvalue weighted by Crippen LogP contribution is -2.65. The molecule has 4 N–H and O–H groups in total. The molecule has 4 unspecified atom stereocenters. The van der Waals surface area contributed by atoms with E-state index in [0.717, 1.165) is 57.8 Å². The Hall–Kier alpha value is -0.890. The molecule has 7 nitrogen and oxygen atoms in total. The lowest BCUT2D eigenvalue weighted by atomic mass is 9.40. The Morgan fingerprint density at radius 2 is 1.89 bits per heavy atom. The standard InChI is InChI=1S/C28H48N2O5/c1-6-17-20-13-16(31)11-12-27(20,3)24-21(32)14-28(4)18(8-9-19(28)23(24)25(17)33)15(2)7-10-22-29-35-26(34)30(22)5/h15-25,29,31-33H,6-14H2,1-5H3/t15-,16-,17-,18-,19?,20+,21+,22?,23?,24?,25-,27+,28-/m1/s1. The van der Waals surface area contributed by atoms with Crippen LogP contribution in [0.3, 0.4) is 0 Å². The third kappa shape index (κ3) is 3.86. The van der Waals surface area contributed by atoms with Crippen LogP contribution in [-0.4, -0.2) is 57.8 Å². The number of rotatable bonds is 5. The number of carbonyl (C=O) groups is 1. The Morgan fingerprint density at radius 1 is 1.14 bits per heavy atom. The number of nitrogens with one attached hydrogen (secondary N) is 1. The molecule has 5 fully saturated rings. The van der Waals surface area contributed by atoms with Crippen molar-refractivity contribution < 1.29 is 25.0 Å². The van der Waals surface area contributed by atoms with Crippen molar-refractivity contribution in [1.82, 2.24) is 10.4 Å². The lowest BCUT2D eigenvalue weighted by Gasteiger charge is -2.66. The maximum atomic E-state index is 11.9. The maximum absolute atomic E-state index is 11.9. The summed E-state index contributed by atoms with van der Waals surface area (Å²) in [6.07, 6.45) is 6.89. The van der Waals surface area contributed by atoms with Gasteiger partial charge in [-0.2, -0.15) is 0 Å². The Kier molecular flexibility index (Phi) is 6.72. The van der Waals surface area contributed by atoms with Crippen LogP contribution in [-0.2, 0) is 4.84 Å². The molecule has 0 aromatic rings. The van der Waals surface area contributed by atoms with Gasteiger partial charge < -0.3 is 20.2 Å². The number of hydrogen-bond acceptors (Lipinski definition) is 6. The number of aliphatic hydroxyl groups excluding tert-OH is 3. The van der Waals surface area contributed by atoms with Crippen molar-refractivity contribution in [2.24, 2.45) is 52.3 Å². The van der Waals surface area contributed by atoms with Gasteiger partial charge in [0, 0.05) is 7.05 Å². The van der Waals surface area contributed by atoms with Gasteiger partial charge in [-0.15, -0.1) is 5.48 Å². The molecular weight excluding hydrogens is 444 g/mol. The molecule has 0 aromatic heterocycles. The Labute approximate surface area is 210 Å². The zero-order valence-electron chi connectivity index (χ0n) is 22.3. The largest absolute Gasteiger partial charge is 0.429 e. The van der Waals surface area contributed by atoms with Crippen LogP contribution < -0.4 is 5.48 Å². The predicted octanol–water partition coefficient (Wildman–Crippen LogP) is 3.91. The molecule has 200 valence electrons. The normalized spacial score (nSPS) is 52.5. The van der Waals surface area contributed by atoms with Crippen LogP contribution in [0.25, 0.3) is 0 Å². The second-order valence-corrected chi connectivity index (χ2v) is 13.4. The van der Waals surface area contributed by atoms with Crippen LogP contribution in [0.5, 0.6) is 0 Å². The van der Waals surface area contributed by atoms with Gasteiger partial charge in [0.2, 0.25) is 0 Å². The first-order valence-electron chi connectivity index (χ1n) is 14.3. The highest BCUT2D eigenvalue weighted by Gasteiger charge is 2.67. The quantitative estimate of drug-likeness (QED) is 0.464. The number of fused-ring (bicyclic) bond motifs is 5. The molecule has 1 heterocycles. The Morgan fingerprint density at radius 3 is 2.54 bits per heavy atom. The molecule has 4 saturated carbocycles. The molecule has 1 saturated heterocycles. The topological polar surface area (TPSA) is 102 Å². The molecular formula is C28H48N2O5. The van der Waals surface area contributed by atoms with E-state index in [2.05, 4.69) is 33.2 Å². The van der Waals surface area contributed by atoms with E-state index in [4.69, 9.17) is 4.84 Å². The van der Waals surface area contributed by atoms with E-state index in [9.17, 15) is 20.1 Å². The zero-order chi connectivity index (χ0) is 25.3. The zero-order valence-corrected chi connectivity index (χ0v) is 22.3. The van der Waals surface area contributed by atoms with E-state index in [1.165, 1.54) is 0 Å². The summed E-state index contributed by atoms with van der Waals surface area (Å²) in [5, 5.41) is 34.1. The molecule has 35 heavy (non-hydrogen) atoms. The fourth-order valence-electron chi connectivity index (χ4n) is 10.3. The molecule has 0 bridgehead atoms. The number of aliphatic hydroxyl groups is 3. The molecule has 0 spiro atoms. The first kappa shape index (κ1) is 25.7. The van der Waals surface area contributed by atoms with Crippen LogP contribution in [0.15, 0.2) is 0 Å². The monoisotopic (exact) mass is 492 g/mol. The number of hydroxylamine groups is 1. The first-order valence-corrected chi connectivity index (χ1v) is 14.3. The van der Waals surface area contributed by atoms with E-state index in [1.807, 2.05) is 0 Å². The molecule has 1 amide bonds. The molecule has 5 aliphatic rings. The number of amides is 1. The molecule has 7 heteroatoms. The van der Waals surface area contributed by atoms with Crippen LogP contribution >= 0.6 is 0 Å². The van der Waals surface area contributed by atoms with Gasteiger partial charge in [-0.05, 0) is 104 Å². The van der Waals surface area contributed by atoms with Crippen molar-refractivity contribution in [2.75, 3.05) is 7.05 Å². The van der Waals surface area contributed by atoms with Gasteiger partial charge in [-0.1, -0.05) is 34.1 Å². The summed E-state index contributed by atoms with van der Waals surface area (Å²) in [6, 6.07) is 0. The third-order valence-corrected chi connectivity index (χ3v) is 12.0. The summed E-state index contributed by atoms with van der Waals surface area (Å²) in [5.41, 5.74) is 2.85. The van der Waals surface area contributed by atoms with Crippen molar-refractivity contribution in [2.45, 2.75) is 110 Å². The van der Waals surface area contributed by atoms with Gasteiger partial charge in [-0.25, -0.2) is 4.79 Å². The van der Waals surface area contributed by atoms with E-state index in [-0.39, 0.29) is 52.9 Å². The van der Waals surface area contributed by atoms with Gasteiger partial charge in [-0.3, -0.25) is 4.90 Å². The van der Waals surface area contributed by atoms with Crippen LogP contribution in [0.4, 0.5) is 4.79 Å². The third-order valence-electron chi connectivity index (χ3n) is 12.0. The summed E-state index contributed by atoms with van der Waals surface area (Å²) in [6.45, 7) is 9.28. The molecule has 0 radical (unpaired) electrons. The predicted molar refractivity (Wildman–Crippen MR) is 133 cm³/mol. The molecule has 0 aromatic carbocycles.